The third-order valence-electron chi connectivity index (χ3n) is 3.33. The summed E-state index contributed by atoms with van der Waals surface area (Å²) in [6.07, 6.45) is 3.27. The second-order valence-corrected chi connectivity index (χ2v) is 6.56. The lowest BCUT2D eigenvalue weighted by atomic mass is 10.2. The summed E-state index contributed by atoms with van der Waals surface area (Å²) in [6, 6.07) is 0.442. The van der Waals surface area contributed by atoms with Gasteiger partial charge < -0.3 is 4.90 Å². The smallest absolute Gasteiger partial charge is 0.137 e. The molecule has 1 aromatic rings. The fraction of sp³-hybridized carbons (Fsp3) is 0.714. The summed E-state index contributed by atoms with van der Waals surface area (Å²) in [5.74, 6) is 3.21. The monoisotopic (exact) mass is 301 g/mol. The number of hydrogen-bond donors (Lipinski definition) is 0. The lowest BCUT2D eigenvalue weighted by Gasteiger charge is -2.28. The summed E-state index contributed by atoms with van der Waals surface area (Å²) in [5.41, 5.74) is 0.963. The third kappa shape index (κ3) is 4.25. The average molecular weight is 302 g/mol. The van der Waals surface area contributed by atoms with E-state index in [1.807, 2.05) is 18.7 Å². The summed E-state index contributed by atoms with van der Waals surface area (Å²) in [7, 11) is 2.08. The maximum Gasteiger partial charge on any atom is 0.137 e. The van der Waals surface area contributed by atoms with Crippen molar-refractivity contribution in [2.75, 3.05) is 24.0 Å². The van der Waals surface area contributed by atoms with E-state index in [2.05, 4.69) is 48.9 Å². The zero-order valence-electron chi connectivity index (χ0n) is 12.7. The maximum atomic E-state index is 6.23. The van der Waals surface area contributed by atoms with E-state index in [-0.39, 0.29) is 5.92 Å². The maximum absolute atomic E-state index is 6.23. The average Bonchev–Trinajstić information content (AvgIpc) is 2.37. The van der Waals surface area contributed by atoms with E-state index in [4.69, 9.17) is 11.6 Å². The number of rotatable bonds is 6. The number of aromatic nitrogens is 2. The molecule has 0 spiro atoms. The van der Waals surface area contributed by atoms with Crippen LogP contribution in [0.2, 0.25) is 5.15 Å². The highest BCUT2D eigenvalue weighted by atomic mass is 35.5. The molecule has 0 amide bonds. The van der Waals surface area contributed by atoms with Crippen LogP contribution in [0.3, 0.4) is 0 Å². The highest BCUT2D eigenvalue weighted by Crippen LogP contribution is 2.26. The minimum Gasteiger partial charge on any atom is -0.357 e. The predicted molar refractivity (Wildman–Crippen MR) is 86.7 cm³/mol. The number of halogens is 1. The summed E-state index contributed by atoms with van der Waals surface area (Å²) in [4.78, 5) is 11.3. The van der Waals surface area contributed by atoms with Crippen LogP contribution < -0.4 is 4.90 Å². The SMILES string of the molecule is CSCCC(C)N(C)c1nc(C(C)C)nc(Cl)c1C. The second-order valence-electron chi connectivity index (χ2n) is 5.22. The fourth-order valence-electron chi connectivity index (χ4n) is 1.79. The van der Waals surface area contributed by atoms with Crippen molar-refractivity contribution in [3.63, 3.8) is 0 Å². The molecule has 1 rings (SSSR count). The number of hydrogen-bond acceptors (Lipinski definition) is 4. The van der Waals surface area contributed by atoms with Crippen molar-refractivity contribution >= 4 is 29.2 Å². The zero-order valence-corrected chi connectivity index (χ0v) is 14.3. The molecule has 1 heterocycles. The van der Waals surface area contributed by atoms with Crippen LogP contribution in [0.4, 0.5) is 5.82 Å². The van der Waals surface area contributed by atoms with Gasteiger partial charge in [-0.15, -0.1) is 0 Å². The minimum absolute atomic E-state index is 0.284. The normalized spacial score (nSPS) is 12.8. The molecular weight excluding hydrogens is 278 g/mol. The van der Waals surface area contributed by atoms with Gasteiger partial charge in [0.1, 0.15) is 16.8 Å². The van der Waals surface area contributed by atoms with Crippen molar-refractivity contribution < 1.29 is 0 Å². The van der Waals surface area contributed by atoms with Crippen LogP contribution in [0.15, 0.2) is 0 Å². The predicted octanol–water partition coefficient (Wildman–Crippen LogP) is 4.14. The molecule has 1 aromatic heterocycles. The zero-order chi connectivity index (χ0) is 14.6. The standard InChI is InChI=1S/C14H24ClN3S/c1-9(2)13-16-12(15)11(4)14(17-13)18(5)10(3)7-8-19-6/h9-10H,7-8H2,1-6H3. The van der Waals surface area contributed by atoms with Crippen molar-refractivity contribution in [2.45, 2.75) is 46.1 Å². The Labute approximate surface area is 126 Å². The van der Waals surface area contributed by atoms with Gasteiger partial charge in [-0.05, 0) is 32.3 Å². The first-order valence-electron chi connectivity index (χ1n) is 6.64. The summed E-state index contributed by atoms with van der Waals surface area (Å²) >= 11 is 8.11. The van der Waals surface area contributed by atoms with Gasteiger partial charge in [-0.1, -0.05) is 25.4 Å². The Morgan fingerprint density at radius 1 is 1.26 bits per heavy atom. The molecule has 5 heteroatoms. The van der Waals surface area contributed by atoms with Gasteiger partial charge in [0.25, 0.3) is 0 Å². The molecule has 0 saturated carbocycles. The molecule has 0 fully saturated rings. The molecule has 0 aliphatic heterocycles. The molecule has 0 bridgehead atoms. The molecule has 0 aliphatic rings. The first-order valence-corrected chi connectivity index (χ1v) is 8.41. The molecule has 108 valence electrons. The van der Waals surface area contributed by atoms with E-state index in [0.717, 1.165) is 29.4 Å². The van der Waals surface area contributed by atoms with E-state index in [1.165, 1.54) is 0 Å². The van der Waals surface area contributed by atoms with E-state index >= 15 is 0 Å². The highest BCUT2D eigenvalue weighted by molar-refractivity contribution is 7.98. The van der Waals surface area contributed by atoms with Crippen LogP contribution in [0.1, 0.15) is 44.5 Å². The van der Waals surface area contributed by atoms with Gasteiger partial charge >= 0.3 is 0 Å². The largest absolute Gasteiger partial charge is 0.357 e. The van der Waals surface area contributed by atoms with Crippen LogP contribution >= 0.6 is 23.4 Å². The van der Waals surface area contributed by atoms with Crippen molar-refractivity contribution in [1.82, 2.24) is 9.97 Å². The van der Waals surface area contributed by atoms with Gasteiger partial charge in [0.2, 0.25) is 0 Å². The van der Waals surface area contributed by atoms with Crippen LogP contribution in [0, 0.1) is 6.92 Å². The Hall–Kier alpha value is -0.480. The van der Waals surface area contributed by atoms with E-state index < -0.39 is 0 Å². The van der Waals surface area contributed by atoms with Crippen molar-refractivity contribution in [3.8, 4) is 0 Å². The topological polar surface area (TPSA) is 29.0 Å². The molecule has 1 atom stereocenters. The first-order chi connectivity index (χ1) is 8.88. The van der Waals surface area contributed by atoms with Crippen LogP contribution in [-0.4, -0.2) is 35.1 Å². The van der Waals surface area contributed by atoms with Gasteiger partial charge in [0.05, 0.1) is 0 Å². The molecule has 0 radical (unpaired) electrons. The Morgan fingerprint density at radius 3 is 2.42 bits per heavy atom. The lowest BCUT2D eigenvalue weighted by Crippen LogP contribution is -2.31. The molecule has 0 N–H and O–H groups in total. The quantitative estimate of drug-likeness (QED) is 0.739. The van der Waals surface area contributed by atoms with Crippen LogP contribution in [0.25, 0.3) is 0 Å². The van der Waals surface area contributed by atoms with E-state index in [0.29, 0.717) is 11.2 Å². The number of anilines is 1. The highest BCUT2D eigenvalue weighted by Gasteiger charge is 2.18. The van der Waals surface area contributed by atoms with Gasteiger partial charge in [0, 0.05) is 24.6 Å². The van der Waals surface area contributed by atoms with E-state index in [9.17, 15) is 0 Å². The molecule has 1 unspecified atom stereocenters. The summed E-state index contributed by atoms with van der Waals surface area (Å²) in [5, 5.41) is 0.567. The molecular formula is C14H24ClN3S. The number of thioether (sulfide) groups is 1. The minimum atomic E-state index is 0.284. The first kappa shape index (κ1) is 16.6. The van der Waals surface area contributed by atoms with E-state index in [1.54, 1.807) is 0 Å². The van der Waals surface area contributed by atoms with Crippen molar-refractivity contribution in [2.24, 2.45) is 0 Å². The van der Waals surface area contributed by atoms with Crippen molar-refractivity contribution in [1.29, 1.82) is 0 Å². The Balaban J connectivity index is 3.04. The molecule has 3 nitrogen and oxygen atoms in total. The Bertz CT molecular complexity index is 423. The van der Waals surface area contributed by atoms with Crippen molar-refractivity contribution in [3.05, 3.63) is 16.5 Å². The summed E-state index contributed by atoms with van der Waals surface area (Å²) in [6.45, 7) is 8.38. The Morgan fingerprint density at radius 2 is 1.89 bits per heavy atom. The lowest BCUT2D eigenvalue weighted by molar-refractivity contribution is 0.652. The van der Waals surface area contributed by atoms with Gasteiger partial charge in [-0.2, -0.15) is 11.8 Å². The third-order valence-corrected chi connectivity index (χ3v) is 4.34. The summed E-state index contributed by atoms with van der Waals surface area (Å²) < 4.78 is 0. The Kier molecular flexibility index (Phi) is 6.40. The molecule has 0 aromatic carbocycles. The van der Waals surface area contributed by atoms with Crippen LogP contribution in [0.5, 0.6) is 0 Å². The fourth-order valence-corrected chi connectivity index (χ4v) is 2.53. The van der Waals surface area contributed by atoms with Gasteiger partial charge in [-0.3, -0.25) is 0 Å². The van der Waals surface area contributed by atoms with Gasteiger partial charge in [-0.25, -0.2) is 9.97 Å². The second kappa shape index (κ2) is 7.34. The molecule has 0 saturated heterocycles. The molecule has 0 aliphatic carbocycles. The van der Waals surface area contributed by atoms with Crippen LogP contribution in [-0.2, 0) is 0 Å². The number of nitrogens with zero attached hydrogens (tertiary/aromatic N) is 3. The molecule has 19 heavy (non-hydrogen) atoms. The van der Waals surface area contributed by atoms with Gasteiger partial charge in [0.15, 0.2) is 0 Å².